The smallest absolute Gasteiger partial charge is 0.335 e. The fourth-order valence-corrected chi connectivity index (χ4v) is 6.69. The fourth-order valence-electron chi connectivity index (χ4n) is 2.67. The maximum absolute atomic E-state index is 13.0. The number of nitrogens with zero attached hydrogens (tertiary/aromatic N) is 1. The SMILES string of the molecule is O=C(O)c1ccc(Cl)c(S(=O)(=O)N(C[C@H](O)CO)[C@@H]2CCS(=O)(=O)C2)c1. The highest BCUT2D eigenvalue weighted by Gasteiger charge is 2.40. The van der Waals surface area contributed by atoms with Crippen molar-refractivity contribution < 1.29 is 36.9 Å². The lowest BCUT2D eigenvalue weighted by Gasteiger charge is -2.29. The lowest BCUT2D eigenvalue weighted by atomic mass is 10.2. The largest absolute Gasteiger partial charge is 0.478 e. The molecule has 1 aromatic carbocycles. The zero-order valence-corrected chi connectivity index (χ0v) is 15.8. The van der Waals surface area contributed by atoms with Crippen LogP contribution in [0, 0.1) is 0 Å². The average molecular weight is 428 g/mol. The predicted octanol–water partition coefficient (Wildman–Crippen LogP) is -0.431. The second-order valence-corrected chi connectivity index (χ2v) is 10.4. The maximum Gasteiger partial charge on any atom is 0.335 e. The summed E-state index contributed by atoms with van der Waals surface area (Å²) in [5.74, 6) is -1.99. The second kappa shape index (κ2) is 7.79. The summed E-state index contributed by atoms with van der Waals surface area (Å²) in [6.07, 6.45) is -1.41. The molecule has 146 valence electrons. The molecule has 1 aliphatic rings. The number of aliphatic hydroxyl groups excluding tert-OH is 2. The van der Waals surface area contributed by atoms with Gasteiger partial charge in [-0.15, -0.1) is 0 Å². The van der Waals surface area contributed by atoms with Crippen molar-refractivity contribution in [2.75, 3.05) is 24.7 Å². The Morgan fingerprint density at radius 1 is 1.38 bits per heavy atom. The zero-order chi connectivity index (χ0) is 19.7. The normalized spacial score (nSPS) is 21.0. The molecule has 1 heterocycles. The molecule has 0 saturated carbocycles. The topological polar surface area (TPSA) is 149 Å². The molecule has 1 fully saturated rings. The monoisotopic (exact) mass is 427 g/mol. The van der Waals surface area contributed by atoms with E-state index in [1.165, 1.54) is 0 Å². The molecule has 0 unspecified atom stereocenters. The molecule has 1 aliphatic heterocycles. The predicted molar refractivity (Wildman–Crippen MR) is 92.5 cm³/mol. The molecule has 26 heavy (non-hydrogen) atoms. The number of aliphatic hydroxyl groups is 2. The summed E-state index contributed by atoms with van der Waals surface area (Å²) in [7, 11) is -7.86. The number of hydrogen-bond donors (Lipinski definition) is 3. The highest BCUT2D eigenvalue weighted by atomic mass is 35.5. The highest BCUT2D eigenvalue weighted by molar-refractivity contribution is 7.92. The standard InChI is InChI=1S/C14H18ClNO8S2/c15-12-2-1-9(14(19)20)5-13(12)26(23,24)16(6-11(18)7-17)10-3-4-25(21,22)8-10/h1-2,5,10-11,17-18H,3-4,6-8H2,(H,19,20)/t10-,11+/m1/s1. The third-order valence-electron chi connectivity index (χ3n) is 3.98. The van der Waals surface area contributed by atoms with Crippen molar-refractivity contribution >= 4 is 37.4 Å². The number of carboxylic acid groups (broad SMARTS) is 1. The van der Waals surface area contributed by atoms with Crippen LogP contribution in [-0.2, 0) is 19.9 Å². The molecule has 0 aliphatic carbocycles. The molecule has 1 saturated heterocycles. The van der Waals surface area contributed by atoms with Gasteiger partial charge in [0.05, 0.1) is 34.8 Å². The van der Waals surface area contributed by atoms with Crippen molar-refractivity contribution in [3.8, 4) is 0 Å². The number of rotatable bonds is 7. The van der Waals surface area contributed by atoms with Crippen LogP contribution in [0.15, 0.2) is 23.1 Å². The van der Waals surface area contributed by atoms with E-state index in [0.717, 1.165) is 22.5 Å². The molecule has 2 atom stereocenters. The van der Waals surface area contributed by atoms with Crippen molar-refractivity contribution in [3.05, 3.63) is 28.8 Å². The van der Waals surface area contributed by atoms with Crippen LogP contribution in [0.2, 0.25) is 5.02 Å². The molecule has 1 aromatic rings. The first kappa shape index (κ1) is 21.1. The van der Waals surface area contributed by atoms with Crippen molar-refractivity contribution in [2.45, 2.75) is 23.5 Å². The van der Waals surface area contributed by atoms with Gasteiger partial charge in [-0.05, 0) is 24.6 Å². The van der Waals surface area contributed by atoms with E-state index in [9.17, 15) is 26.7 Å². The first-order valence-corrected chi connectivity index (χ1v) is 11.2. The number of carbonyl (C=O) groups is 1. The van der Waals surface area contributed by atoms with Gasteiger partial charge in [-0.25, -0.2) is 21.6 Å². The van der Waals surface area contributed by atoms with Crippen molar-refractivity contribution in [3.63, 3.8) is 0 Å². The van der Waals surface area contributed by atoms with Crippen LogP contribution < -0.4 is 0 Å². The Bertz CT molecular complexity index is 900. The molecule has 0 spiro atoms. The van der Waals surface area contributed by atoms with E-state index in [0.29, 0.717) is 0 Å². The quantitative estimate of drug-likeness (QED) is 0.530. The van der Waals surface area contributed by atoms with Crippen molar-refractivity contribution in [1.29, 1.82) is 0 Å². The van der Waals surface area contributed by atoms with E-state index < -0.39 is 61.8 Å². The van der Waals surface area contributed by atoms with E-state index in [2.05, 4.69) is 0 Å². The van der Waals surface area contributed by atoms with Gasteiger partial charge in [-0.3, -0.25) is 0 Å². The Balaban J connectivity index is 2.52. The minimum atomic E-state index is -4.42. The number of aromatic carboxylic acids is 1. The first-order chi connectivity index (χ1) is 12.0. The number of sulfonamides is 1. The summed E-state index contributed by atoms with van der Waals surface area (Å²) in [5, 5.41) is 27.6. The summed E-state index contributed by atoms with van der Waals surface area (Å²) in [6.45, 7) is -1.28. The van der Waals surface area contributed by atoms with Gasteiger partial charge in [0, 0.05) is 12.6 Å². The van der Waals surface area contributed by atoms with Crippen LogP contribution in [0.1, 0.15) is 16.8 Å². The molecule has 0 radical (unpaired) electrons. The number of halogens is 1. The van der Waals surface area contributed by atoms with Crippen LogP contribution in [-0.4, -0.2) is 79.2 Å². The molecule has 0 aromatic heterocycles. The number of sulfone groups is 1. The molecular weight excluding hydrogens is 410 g/mol. The Hall–Kier alpha value is -1.24. The van der Waals surface area contributed by atoms with Gasteiger partial charge < -0.3 is 15.3 Å². The van der Waals surface area contributed by atoms with Crippen LogP contribution in [0.5, 0.6) is 0 Å². The lowest BCUT2D eigenvalue weighted by Crippen LogP contribution is -2.46. The summed E-state index contributed by atoms with van der Waals surface area (Å²) in [5.41, 5.74) is -0.310. The summed E-state index contributed by atoms with van der Waals surface area (Å²) >= 11 is 5.93. The van der Waals surface area contributed by atoms with Crippen LogP contribution in [0.4, 0.5) is 0 Å². The van der Waals surface area contributed by atoms with Gasteiger partial charge in [0.2, 0.25) is 10.0 Å². The van der Waals surface area contributed by atoms with Crippen LogP contribution >= 0.6 is 11.6 Å². The first-order valence-electron chi connectivity index (χ1n) is 7.52. The number of hydrogen-bond acceptors (Lipinski definition) is 7. The Morgan fingerprint density at radius 3 is 2.54 bits per heavy atom. The van der Waals surface area contributed by atoms with Crippen molar-refractivity contribution in [2.24, 2.45) is 0 Å². The molecule has 12 heteroatoms. The lowest BCUT2D eigenvalue weighted by molar-refractivity contribution is 0.0696. The summed E-state index contributed by atoms with van der Waals surface area (Å²) in [4.78, 5) is 10.6. The number of benzene rings is 1. The Morgan fingerprint density at radius 2 is 2.04 bits per heavy atom. The average Bonchev–Trinajstić information content (AvgIpc) is 2.91. The van der Waals surface area contributed by atoms with Gasteiger partial charge in [0.15, 0.2) is 9.84 Å². The van der Waals surface area contributed by atoms with E-state index in [1.807, 2.05) is 0 Å². The minimum Gasteiger partial charge on any atom is -0.478 e. The van der Waals surface area contributed by atoms with E-state index >= 15 is 0 Å². The Labute approximate surface area is 155 Å². The second-order valence-electron chi connectivity index (χ2n) is 5.92. The fraction of sp³-hybridized carbons (Fsp3) is 0.500. The van der Waals surface area contributed by atoms with E-state index in [-0.39, 0.29) is 22.8 Å². The van der Waals surface area contributed by atoms with Gasteiger partial charge in [0.25, 0.3) is 0 Å². The summed E-state index contributed by atoms with van der Waals surface area (Å²) < 4.78 is 50.3. The number of carboxylic acids is 1. The molecule has 0 amide bonds. The third-order valence-corrected chi connectivity index (χ3v) is 8.13. The van der Waals surface area contributed by atoms with Gasteiger partial charge in [-0.1, -0.05) is 11.6 Å². The molecule has 2 rings (SSSR count). The highest BCUT2D eigenvalue weighted by Crippen LogP contribution is 2.30. The molecule has 0 bridgehead atoms. The zero-order valence-electron chi connectivity index (χ0n) is 13.4. The molecule has 9 nitrogen and oxygen atoms in total. The third kappa shape index (κ3) is 4.53. The maximum atomic E-state index is 13.0. The van der Waals surface area contributed by atoms with E-state index in [1.54, 1.807) is 0 Å². The van der Waals surface area contributed by atoms with Gasteiger partial charge in [-0.2, -0.15) is 4.31 Å². The van der Waals surface area contributed by atoms with Crippen LogP contribution in [0.25, 0.3) is 0 Å². The van der Waals surface area contributed by atoms with Crippen molar-refractivity contribution in [1.82, 2.24) is 4.31 Å². The Kier molecular flexibility index (Phi) is 6.31. The molecular formula is C14H18ClNO8S2. The minimum absolute atomic E-state index is 0.0238. The van der Waals surface area contributed by atoms with Crippen LogP contribution in [0.3, 0.4) is 0 Å². The van der Waals surface area contributed by atoms with Gasteiger partial charge >= 0.3 is 5.97 Å². The molecule has 3 N–H and O–H groups in total. The van der Waals surface area contributed by atoms with Gasteiger partial charge in [0.1, 0.15) is 4.90 Å². The summed E-state index contributed by atoms with van der Waals surface area (Å²) in [6, 6.07) is 2.18. The van der Waals surface area contributed by atoms with E-state index in [4.69, 9.17) is 21.8 Å².